The van der Waals surface area contributed by atoms with Gasteiger partial charge in [-0.2, -0.15) is 5.10 Å². The van der Waals surface area contributed by atoms with Crippen LogP contribution >= 0.6 is 0 Å². The quantitative estimate of drug-likeness (QED) is 0.430. The summed E-state index contributed by atoms with van der Waals surface area (Å²) in [4.78, 5) is 4.28. The van der Waals surface area contributed by atoms with Crippen LogP contribution < -0.4 is 0 Å². The molecule has 0 aliphatic rings. The molecule has 0 heterocycles. The molecular formula is C14H32N4. The first-order valence-corrected chi connectivity index (χ1v) is 6.79. The molecular weight excluding hydrogens is 224 g/mol. The molecule has 0 spiro atoms. The van der Waals surface area contributed by atoms with Crippen LogP contribution in [0.3, 0.4) is 0 Å². The lowest BCUT2D eigenvalue weighted by Gasteiger charge is -2.20. The monoisotopic (exact) mass is 256 g/mol. The van der Waals surface area contributed by atoms with E-state index in [1.807, 2.05) is 34.7 Å². The standard InChI is InChI=1S/C12H26N4.C2H6/c1-10(2)11(3)13-14-12(4)16(7)9-8-15(5)6;1-2/h10H,8-9H2,1-7H3;1-2H3/b13-11+,14-12+;. The van der Waals surface area contributed by atoms with E-state index in [9.17, 15) is 0 Å². The summed E-state index contributed by atoms with van der Waals surface area (Å²) in [7, 11) is 6.19. The lowest BCUT2D eigenvalue weighted by atomic mass is 10.1. The van der Waals surface area contributed by atoms with Gasteiger partial charge in [-0.25, -0.2) is 0 Å². The molecule has 0 aromatic rings. The van der Waals surface area contributed by atoms with E-state index in [1.54, 1.807) is 0 Å². The lowest BCUT2D eigenvalue weighted by molar-refractivity contribution is 0.356. The average molecular weight is 256 g/mol. The Kier molecular flexibility index (Phi) is 12.1. The highest BCUT2D eigenvalue weighted by molar-refractivity contribution is 5.85. The van der Waals surface area contributed by atoms with E-state index in [0.717, 1.165) is 24.6 Å². The van der Waals surface area contributed by atoms with Gasteiger partial charge >= 0.3 is 0 Å². The van der Waals surface area contributed by atoms with Gasteiger partial charge < -0.3 is 9.80 Å². The average Bonchev–Trinajstić information content (AvgIpc) is 2.34. The predicted octanol–water partition coefficient (Wildman–Crippen LogP) is 2.96. The van der Waals surface area contributed by atoms with Gasteiger partial charge in [0.1, 0.15) is 5.84 Å². The van der Waals surface area contributed by atoms with E-state index in [0.29, 0.717) is 5.92 Å². The number of rotatable bonds is 5. The summed E-state index contributed by atoms with van der Waals surface area (Å²) in [6.45, 7) is 14.3. The second kappa shape index (κ2) is 11.2. The van der Waals surface area contributed by atoms with Crippen molar-refractivity contribution in [3.8, 4) is 0 Å². The van der Waals surface area contributed by atoms with Gasteiger partial charge in [-0.1, -0.05) is 27.7 Å². The third-order valence-electron chi connectivity index (χ3n) is 2.62. The van der Waals surface area contributed by atoms with Crippen LogP contribution in [0.5, 0.6) is 0 Å². The molecule has 18 heavy (non-hydrogen) atoms. The van der Waals surface area contributed by atoms with E-state index in [2.05, 4.69) is 47.9 Å². The van der Waals surface area contributed by atoms with Crippen molar-refractivity contribution >= 4 is 11.5 Å². The van der Waals surface area contributed by atoms with Crippen molar-refractivity contribution in [2.45, 2.75) is 41.5 Å². The zero-order valence-corrected chi connectivity index (χ0v) is 13.8. The Morgan fingerprint density at radius 3 is 1.83 bits per heavy atom. The third-order valence-corrected chi connectivity index (χ3v) is 2.62. The van der Waals surface area contributed by atoms with E-state index in [1.165, 1.54) is 0 Å². The molecule has 0 atom stereocenters. The Balaban J connectivity index is 0. The van der Waals surface area contributed by atoms with Gasteiger partial charge in [-0.3, -0.25) is 0 Å². The van der Waals surface area contributed by atoms with E-state index in [-0.39, 0.29) is 0 Å². The van der Waals surface area contributed by atoms with Crippen LogP contribution in [0, 0.1) is 5.92 Å². The number of amidine groups is 1. The van der Waals surface area contributed by atoms with Gasteiger partial charge in [0.2, 0.25) is 0 Å². The van der Waals surface area contributed by atoms with Crippen molar-refractivity contribution < 1.29 is 0 Å². The van der Waals surface area contributed by atoms with Crippen molar-refractivity contribution in [1.29, 1.82) is 0 Å². The molecule has 0 fully saturated rings. The molecule has 0 aliphatic carbocycles. The zero-order valence-electron chi connectivity index (χ0n) is 13.8. The minimum Gasteiger partial charge on any atom is -0.361 e. The first-order valence-electron chi connectivity index (χ1n) is 6.79. The normalized spacial score (nSPS) is 12.6. The van der Waals surface area contributed by atoms with Crippen molar-refractivity contribution in [2.75, 3.05) is 34.2 Å². The minimum absolute atomic E-state index is 0.462. The second-order valence-electron chi connectivity index (χ2n) is 4.77. The molecule has 0 bridgehead atoms. The molecule has 0 unspecified atom stereocenters. The van der Waals surface area contributed by atoms with E-state index >= 15 is 0 Å². The molecule has 0 aromatic carbocycles. The first kappa shape index (κ1) is 19.4. The van der Waals surface area contributed by atoms with Crippen molar-refractivity contribution in [1.82, 2.24) is 9.80 Å². The summed E-state index contributed by atoms with van der Waals surface area (Å²) in [5.41, 5.74) is 1.07. The molecule has 0 saturated carbocycles. The Hall–Kier alpha value is -0.900. The number of hydrogen-bond acceptors (Lipinski definition) is 3. The first-order chi connectivity index (χ1) is 8.34. The van der Waals surface area contributed by atoms with Gasteiger partial charge in [0, 0.05) is 25.8 Å². The SMILES string of the molecule is C/C(=N\N=C(/C)N(C)CCN(C)C)C(C)C.CC. The number of nitrogens with zero attached hydrogens (tertiary/aromatic N) is 4. The Bertz CT molecular complexity index is 255. The molecule has 0 N–H and O–H groups in total. The molecule has 4 heteroatoms. The number of likely N-dealkylation sites (N-methyl/N-ethyl adjacent to an activating group) is 2. The summed E-state index contributed by atoms with van der Waals surface area (Å²) in [5, 5.41) is 8.46. The molecule has 108 valence electrons. The van der Waals surface area contributed by atoms with Crippen LogP contribution in [-0.2, 0) is 0 Å². The lowest BCUT2D eigenvalue weighted by Crippen LogP contribution is -2.31. The summed E-state index contributed by atoms with van der Waals surface area (Å²) in [6.07, 6.45) is 0. The van der Waals surface area contributed by atoms with Gasteiger partial charge in [0.25, 0.3) is 0 Å². The maximum absolute atomic E-state index is 4.24. The van der Waals surface area contributed by atoms with Crippen molar-refractivity contribution in [2.24, 2.45) is 16.1 Å². The molecule has 0 aromatic heterocycles. The molecule has 0 radical (unpaired) electrons. The highest BCUT2D eigenvalue weighted by atomic mass is 15.3. The maximum atomic E-state index is 4.24. The van der Waals surface area contributed by atoms with Crippen molar-refractivity contribution in [3.05, 3.63) is 0 Å². The van der Waals surface area contributed by atoms with Crippen molar-refractivity contribution in [3.63, 3.8) is 0 Å². The van der Waals surface area contributed by atoms with Crippen LogP contribution in [0.1, 0.15) is 41.5 Å². The summed E-state index contributed by atoms with van der Waals surface area (Å²) >= 11 is 0. The third kappa shape index (κ3) is 10.3. The highest BCUT2D eigenvalue weighted by Crippen LogP contribution is 1.97. The molecule has 4 nitrogen and oxygen atoms in total. The fourth-order valence-electron chi connectivity index (χ4n) is 0.855. The molecule has 0 aliphatic heterocycles. The van der Waals surface area contributed by atoms with E-state index < -0.39 is 0 Å². The van der Waals surface area contributed by atoms with Crippen LogP contribution in [0.25, 0.3) is 0 Å². The second-order valence-corrected chi connectivity index (χ2v) is 4.77. The maximum Gasteiger partial charge on any atom is 0.124 e. The van der Waals surface area contributed by atoms with Gasteiger partial charge in [0.05, 0.1) is 0 Å². The Morgan fingerprint density at radius 1 is 0.944 bits per heavy atom. The van der Waals surface area contributed by atoms with Crippen LogP contribution in [-0.4, -0.2) is 55.6 Å². The topological polar surface area (TPSA) is 31.2 Å². The molecule has 0 amide bonds. The smallest absolute Gasteiger partial charge is 0.124 e. The molecule has 0 rings (SSSR count). The highest BCUT2D eigenvalue weighted by Gasteiger charge is 2.01. The molecule has 0 saturated heterocycles. The van der Waals surface area contributed by atoms with Gasteiger partial charge in [-0.15, -0.1) is 5.10 Å². The van der Waals surface area contributed by atoms with Crippen LogP contribution in [0.4, 0.5) is 0 Å². The van der Waals surface area contributed by atoms with Crippen LogP contribution in [0.15, 0.2) is 10.2 Å². The fraction of sp³-hybridized carbons (Fsp3) is 0.857. The number of hydrogen-bond donors (Lipinski definition) is 0. The predicted molar refractivity (Wildman–Crippen MR) is 83.6 cm³/mol. The zero-order chi connectivity index (χ0) is 14.7. The Morgan fingerprint density at radius 2 is 1.44 bits per heavy atom. The Labute approximate surface area is 114 Å². The summed E-state index contributed by atoms with van der Waals surface area (Å²) < 4.78 is 0. The van der Waals surface area contributed by atoms with E-state index in [4.69, 9.17) is 0 Å². The largest absolute Gasteiger partial charge is 0.361 e. The fourth-order valence-corrected chi connectivity index (χ4v) is 0.855. The van der Waals surface area contributed by atoms with Gasteiger partial charge in [-0.05, 0) is 33.9 Å². The van der Waals surface area contributed by atoms with Crippen LogP contribution in [0.2, 0.25) is 0 Å². The summed E-state index contributed by atoms with van der Waals surface area (Å²) in [5.74, 6) is 1.42. The van der Waals surface area contributed by atoms with Gasteiger partial charge in [0.15, 0.2) is 0 Å². The summed E-state index contributed by atoms with van der Waals surface area (Å²) in [6, 6.07) is 0. The minimum atomic E-state index is 0.462.